The fourth-order valence-corrected chi connectivity index (χ4v) is 5.63. The molecule has 6 nitrogen and oxygen atoms in total. The third-order valence-corrected chi connectivity index (χ3v) is 7.62. The second-order valence-corrected chi connectivity index (χ2v) is 10.5. The van der Waals surface area contributed by atoms with Gasteiger partial charge in [0.25, 0.3) is 5.91 Å². The summed E-state index contributed by atoms with van der Waals surface area (Å²) in [6.45, 7) is 0.163. The van der Waals surface area contributed by atoms with E-state index in [1.165, 1.54) is 34.6 Å². The number of carbonyl (C=O) groups is 3. The molecule has 1 fully saturated rings. The zero-order valence-corrected chi connectivity index (χ0v) is 21.0. The Morgan fingerprint density at radius 3 is 2.58 bits per heavy atom. The Morgan fingerprint density at radius 2 is 1.89 bits per heavy atom. The SMILES string of the molecule is O=C(CCc1ccc(C(=O)O)cn1)CCN1C(=O)/C(=C/c2cc(-c3ccc(F)c(F)c3)cs2)SC1=S. The Kier molecular flexibility index (Phi) is 8.02. The number of benzene rings is 1. The number of ketones is 1. The molecule has 11 heteroatoms. The Bertz CT molecular complexity index is 1390. The first-order valence-corrected chi connectivity index (χ1v) is 12.8. The number of aryl methyl sites for hydroxylation is 1. The van der Waals surface area contributed by atoms with E-state index >= 15 is 0 Å². The monoisotopic (exact) mass is 544 g/mol. The zero-order valence-electron chi connectivity index (χ0n) is 18.6. The number of halogens is 2. The van der Waals surface area contributed by atoms with Crippen molar-refractivity contribution in [1.29, 1.82) is 0 Å². The Balaban J connectivity index is 1.32. The number of pyridine rings is 1. The molecule has 1 N–H and O–H groups in total. The number of nitrogens with zero attached hydrogens (tertiary/aromatic N) is 2. The van der Waals surface area contributed by atoms with Gasteiger partial charge in [0.1, 0.15) is 10.1 Å². The largest absolute Gasteiger partial charge is 0.478 e. The summed E-state index contributed by atoms with van der Waals surface area (Å²) in [5, 5.41) is 10.7. The second-order valence-electron chi connectivity index (χ2n) is 7.83. The van der Waals surface area contributed by atoms with Crippen LogP contribution in [0.5, 0.6) is 0 Å². The average Bonchev–Trinajstić information content (AvgIpc) is 3.42. The van der Waals surface area contributed by atoms with Crippen molar-refractivity contribution < 1.29 is 28.3 Å². The molecule has 1 saturated heterocycles. The third kappa shape index (κ3) is 6.10. The molecule has 1 amide bonds. The number of thioether (sulfide) groups is 1. The lowest BCUT2D eigenvalue weighted by Crippen LogP contribution is -2.30. The first-order valence-electron chi connectivity index (χ1n) is 10.7. The fraction of sp³-hybridized carbons (Fsp3) is 0.160. The standard InChI is InChI=1S/C25H18F2N2O4S3/c26-20-6-2-14(10-21(20)27)16-9-19(35-13-16)11-22-23(31)29(25(34)36-22)8-7-18(30)5-4-17-3-1-15(12-28-17)24(32)33/h1-3,6,9-13H,4-5,7-8H2,(H,32,33)/b22-11-. The molecule has 0 bridgehead atoms. The molecule has 3 heterocycles. The molecular weight excluding hydrogens is 526 g/mol. The Labute approximate surface area is 218 Å². The van der Waals surface area contributed by atoms with Gasteiger partial charge in [0, 0.05) is 36.2 Å². The lowest BCUT2D eigenvalue weighted by molar-refractivity contribution is -0.123. The van der Waals surface area contributed by atoms with E-state index in [0.717, 1.165) is 28.8 Å². The number of thiocarbonyl (C=S) groups is 1. The lowest BCUT2D eigenvalue weighted by atomic mass is 10.1. The summed E-state index contributed by atoms with van der Waals surface area (Å²) in [5.41, 5.74) is 1.93. The number of amides is 1. The van der Waals surface area contributed by atoms with Gasteiger partial charge in [0.15, 0.2) is 11.6 Å². The van der Waals surface area contributed by atoms with Crippen LogP contribution in [0.15, 0.2) is 52.9 Å². The molecule has 1 aliphatic rings. The molecule has 0 aliphatic carbocycles. The molecule has 1 aliphatic heterocycles. The van der Waals surface area contributed by atoms with E-state index in [0.29, 0.717) is 32.5 Å². The Morgan fingerprint density at radius 1 is 1.08 bits per heavy atom. The van der Waals surface area contributed by atoms with E-state index in [-0.39, 0.29) is 36.6 Å². The van der Waals surface area contributed by atoms with Gasteiger partial charge in [-0.25, -0.2) is 13.6 Å². The van der Waals surface area contributed by atoms with Crippen LogP contribution in [-0.2, 0) is 16.0 Å². The third-order valence-electron chi connectivity index (χ3n) is 5.37. The number of carbonyl (C=O) groups excluding carboxylic acids is 2. The van der Waals surface area contributed by atoms with E-state index in [1.54, 1.807) is 23.6 Å². The van der Waals surface area contributed by atoms with Gasteiger partial charge in [0.05, 0.1) is 10.5 Å². The smallest absolute Gasteiger partial charge is 0.337 e. The molecule has 0 radical (unpaired) electrons. The average molecular weight is 545 g/mol. The van der Waals surface area contributed by atoms with Crippen LogP contribution in [0.4, 0.5) is 8.78 Å². The van der Waals surface area contributed by atoms with E-state index in [2.05, 4.69) is 4.98 Å². The van der Waals surface area contributed by atoms with Crippen molar-refractivity contribution in [2.45, 2.75) is 19.3 Å². The minimum Gasteiger partial charge on any atom is -0.478 e. The predicted molar refractivity (Wildman–Crippen MR) is 139 cm³/mol. The van der Waals surface area contributed by atoms with Gasteiger partial charge < -0.3 is 5.11 Å². The molecule has 0 atom stereocenters. The molecule has 3 aromatic rings. The van der Waals surface area contributed by atoms with Gasteiger partial charge in [-0.15, -0.1) is 11.3 Å². The van der Waals surface area contributed by atoms with Crippen molar-refractivity contribution in [2.24, 2.45) is 0 Å². The summed E-state index contributed by atoms with van der Waals surface area (Å²) in [6, 6.07) is 8.48. The second kappa shape index (κ2) is 11.2. The molecule has 4 rings (SSSR count). The minimum absolute atomic E-state index is 0.0634. The highest BCUT2D eigenvalue weighted by Crippen LogP contribution is 2.35. The summed E-state index contributed by atoms with van der Waals surface area (Å²) in [5.74, 6) is -3.26. The number of Topliss-reactive ketones (excluding diaryl/α,β-unsaturated/α-hetero) is 1. The van der Waals surface area contributed by atoms with Crippen LogP contribution in [0, 0.1) is 11.6 Å². The van der Waals surface area contributed by atoms with Gasteiger partial charge >= 0.3 is 5.97 Å². The predicted octanol–water partition coefficient (Wildman–Crippen LogP) is 5.58. The number of aromatic carboxylic acids is 1. The van der Waals surface area contributed by atoms with Crippen LogP contribution in [0.2, 0.25) is 0 Å². The van der Waals surface area contributed by atoms with Crippen LogP contribution in [0.25, 0.3) is 17.2 Å². The molecule has 0 unspecified atom stereocenters. The first kappa shape index (κ1) is 25.8. The summed E-state index contributed by atoms with van der Waals surface area (Å²) < 4.78 is 27.1. The van der Waals surface area contributed by atoms with Crippen molar-refractivity contribution in [3.05, 3.63) is 80.6 Å². The normalized spacial score (nSPS) is 14.6. The summed E-state index contributed by atoms with van der Waals surface area (Å²) in [7, 11) is 0. The number of carboxylic acids is 1. The quantitative estimate of drug-likeness (QED) is 0.278. The topological polar surface area (TPSA) is 87.6 Å². The molecule has 1 aromatic carbocycles. The highest BCUT2D eigenvalue weighted by Gasteiger charge is 2.32. The van der Waals surface area contributed by atoms with Gasteiger partial charge in [-0.3, -0.25) is 19.5 Å². The van der Waals surface area contributed by atoms with E-state index in [9.17, 15) is 23.2 Å². The number of aromatic nitrogens is 1. The van der Waals surface area contributed by atoms with Crippen LogP contribution >= 0.6 is 35.3 Å². The van der Waals surface area contributed by atoms with Crippen LogP contribution < -0.4 is 0 Å². The molecule has 2 aromatic heterocycles. The minimum atomic E-state index is -1.06. The number of hydrogen-bond donors (Lipinski definition) is 1. The Hall–Kier alpha value is -3.28. The van der Waals surface area contributed by atoms with Gasteiger partial charge in [-0.05, 0) is 59.3 Å². The lowest BCUT2D eigenvalue weighted by Gasteiger charge is -2.13. The molecule has 36 heavy (non-hydrogen) atoms. The maximum absolute atomic E-state index is 13.5. The number of rotatable bonds is 9. The van der Waals surface area contributed by atoms with E-state index in [4.69, 9.17) is 17.3 Å². The van der Waals surface area contributed by atoms with Gasteiger partial charge in [0.2, 0.25) is 0 Å². The maximum atomic E-state index is 13.5. The maximum Gasteiger partial charge on any atom is 0.337 e. The molecular formula is C25H18F2N2O4S3. The van der Waals surface area contributed by atoms with Crippen molar-refractivity contribution in [3.63, 3.8) is 0 Å². The number of carboxylic acid groups (broad SMARTS) is 1. The van der Waals surface area contributed by atoms with E-state index in [1.807, 2.05) is 0 Å². The van der Waals surface area contributed by atoms with Crippen LogP contribution in [-0.4, -0.2) is 43.5 Å². The van der Waals surface area contributed by atoms with Gasteiger partial charge in [-0.1, -0.05) is 30.0 Å². The summed E-state index contributed by atoms with van der Waals surface area (Å²) in [6.07, 6.45) is 3.67. The van der Waals surface area contributed by atoms with Crippen molar-refractivity contribution in [1.82, 2.24) is 9.88 Å². The fourth-order valence-electron chi connectivity index (χ4n) is 3.41. The zero-order chi connectivity index (χ0) is 25.8. The highest BCUT2D eigenvalue weighted by molar-refractivity contribution is 8.26. The summed E-state index contributed by atoms with van der Waals surface area (Å²) in [4.78, 5) is 42.7. The molecule has 184 valence electrons. The van der Waals surface area contributed by atoms with Crippen molar-refractivity contribution >= 4 is 63.4 Å². The first-order chi connectivity index (χ1) is 17.2. The van der Waals surface area contributed by atoms with E-state index < -0.39 is 17.6 Å². The molecule has 0 saturated carbocycles. The van der Waals surface area contributed by atoms with Gasteiger partial charge in [-0.2, -0.15) is 0 Å². The highest BCUT2D eigenvalue weighted by atomic mass is 32.2. The van der Waals surface area contributed by atoms with Crippen molar-refractivity contribution in [2.75, 3.05) is 6.54 Å². The van der Waals surface area contributed by atoms with Crippen LogP contribution in [0.3, 0.4) is 0 Å². The number of hydrogen-bond acceptors (Lipinski definition) is 7. The van der Waals surface area contributed by atoms with Crippen molar-refractivity contribution in [3.8, 4) is 11.1 Å². The number of thiophene rings is 1. The molecule has 0 spiro atoms. The summed E-state index contributed by atoms with van der Waals surface area (Å²) >= 11 is 7.84. The van der Waals surface area contributed by atoms with Crippen LogP contribution in [0.1, 0.15) is 33.8 Å².